The van der Waals surface area contributed by atoms with E-state index in [1.54, 1.807) is 5.87 Å². The molecule has 0 fully saturated rings. The number of rotatable bonds is 1. The van der Waals surface area contributed by atoms with Gasteiger partial charge in [-0.15, -0.1) is 0 Å². The second-order valence-electron chi connectivity index (χ2n) is 0.227. The minimum atomic E-state index is 0.800. The Morgan fingerprint density at radius 2 is 2.25 bits per heavy atom. The average Bonchev–Trinajstić information content (AvgIpc) is 1.37. The van der Waals surface area contributed by atoms with Gasteiger partial charge in [-0.3, -0.25) is 0 Å². The number of hydrogen-bond donors (Lipinski definition) is 0. The summed E-state index contributed by atoms with van der Waals surface area (Å²) in [4.78, 5) is 0. The van der Waals surface area contributed by atoms with Gasteiger partial charge in [-0.25, -0.2) is 0 Å². The topological polar surface area (TPSA) is 0 Å². The number of hydrogen-bond acceptors (Lipinski definition) is 1. The van der Waals surface area contributed by atoms with Gasteiger partial charge in [-0.2, -0.15) is 0 Å². The molecule has 0 aliphatic carbocycles. The van der Waals surface area contributed by atoms with Crippen LogP contribution in [0.5, 0.6) is 0 Å². The Morgan fingerprint density at radius 3 is 2.25 bits per heavy atom. The van der Waals surface area contributed by atoms with Gasteiger partial charge < -0.3 is 0 Å². The first-order valence-electron chi connectivity index (χ1n) is 0.713. The van der Waals surface area contributed by atoms with E-state index in [1.807, 2.05) is 0 Å². The molecule has 0 amide bonds. The summed E-state index contributed by atoms with van der Waals surface area (Å²) in [5.74, 6) is 1.72. The molecule has 4 heteroatoms. The average molecular weight is 202 g/mol. The van der Waals surface area contributed by atoms with Gasteiger partial charge in [0.15, 0.2) is 0 Å². The van der Waals surface area contributed by atoms with Crippen molar-refractivity contribution < 1.29 is 0 Å². The van der Waals surface area contributed by atoms with Crippen LogP contribution in [0.25, 0.3) is 0 Å². The van der Waals surface area contributed by atoms with Crippen molar-refractivity contribution >= 4 is 46.1 Å². The van der Waals surface area contributed by atoms with E-state index < -0.39 is 0 Å². The molecule has 0 saturated heterocycles. The van der Waals surface area contributed by atoms with Crippen LogP contribution in [0, 0.1) is 0 Å². The molecule has 0 aromatic heterocycles. The van der Waals surface area contributed by atoms with E-state index in [0.29, 0.717) is 0 Å². The Hall–Kier alpha value is 1.44. The molecule has 0 radical (unpaired) electrons. The molecule has 0 rings (SSSR count). The van der Waals surface area contributed by atoms with Crippen LogP contribution < -0.4 is 0 Å². The van der Waals surface area contributed by atoms with Crippen molar-refractivity contribution in [1.29, 1.82) is 0 Å². The normalized spacial score (nSPS) is 8.25. The van der Waals surface area contributed by atoms with E-state index >= 15 is 0 Å². The summed E-state index contributed by atoms with van der Waals surface area (Å²) < 4.78 is 0. The van der Waals surface area contributed by atoms with Crippen molar-refractivity contribution in [3.8, 4) is 0 Å². The van der Waals surface area contributed by atoms with Crippen LogP contribution in [0.1, 0.15) is 0 Å². The zero-order valence-electron chi connectivity index (χ0n) is 1.86. The Kier molecular flexibility index (Phi) is 6.05. The maximum absolute atomic E-state index is 4.43. The minimum absolute atomic E-state index is 0.800. The third kappa shape index (κ3) is 3.44. The van der Waals surface area contributed by atoms with Crippen LogP contribution in [0.15, 0.2) is 0 Å². The molecular formula is HBIPS. The summed E-state index contributed by atoms with van der Waals surface area (Å²) in [5, 5.41) is 0. The van der Waals surface area contributed by atoms with Gasteiger partial charge in [-0.05, 0) is 0 Å². The quantitative estimate of drug-likeness (QED) is 0.354. The van der Waals surface area contributed by atoms with E-state index in [4.69, 9.17) is 0 Å². The Morgan fingerprint density at radius 1 is 2.00 bits per heavy atom. The number of halogens is 1. The molecule has 1 atom stereocenters. The predicted molar refractivity (Wildman–Crippen MR) is 35.7 cm³/mol. The van der Waals surface area contributed by atoms with Crippen molar-refractivity contribution in [1.82, 2.24) is 0 Å². The molecule has 0 N–H and O–H groups in total. The third-order valence-electron chi connectivity index (χ3n) is 0.0445. The zero-order valence-corrected chi connectivity index (χ0v) is 5.84. The summed E-state index contributed by atoms with van der Waals surface area (Å²) >= 11 is 6.65. The Bertz CT molecular complexity index is 22.0. The van der Waals surface area contributed by atoms with Crippen LogP contribution in [0.4, 0.5) is 0 Å². The third-order valence-corrected chi connectivity index (χ3v) is 2.69. The fourth-order valence-electron chi connectivity index (χ4n) is 0. The molecule has 0 aliphatic heterocycles. The van der Waals surface area contributed by atoms with Gasteiger partial charge in [-0.1, -0.05) is 0 Å². The van der Waals surface area contributed by atoms with E-state index in [0.717, 1.165) is 6.10 Å². The first-order chi connectivity index (χ1) is 1.91. The zero-order chi connectivity index (χ0) is 3.41. The standard InChI is InChI=1S/BHIPS/c2-3-1-4/h3H. The van der Waals surface area contributed by atoms with E-state index in [-0.39, 0.29) is 0 Å². The van der Waals surface area contributed by atoms with Crippen LogP contribution in [0.3, 0.4) is 0 Å². The Labute approximate surface area is 46.1 Å². The van der Waals surface area contributed by atoms with Crippen LogP contribution >= 0.6 is 40.2 Å². The van der Waals surface area contributed by atoms with E-state index in [9.17, 15) is 0 Å². The fourth-order valence-corrected chi connectivity index (χ4v) is 0. The molecule has 0 nitrogen and oxygen atoms in total. The van der Waals surface area contributed by atoms with Crippen molar-refractivity contribution in [3.63, 3.8) is 0 Å². The molecule has 0 aromatic carbocycles. The Balaban J connectivity index is 2.30. The fraction of sp³-hybridized carbons (Fsp3) is 0. The van der Waals surface area contributed by atoms with Gasteiger partial charge in [0.1, 0.15) is 0 Å². The molecule has 0 aromatic rings. The summed E-state index contributed by atoms with van der Waals surface area (Å²) in [7, 11) is 0. The summed E-state index contributed by atoms with van der Waals surface area (Å²) in [6, 6.07) is 0. The van der Waals surface area contributed by atoms with Gasteiger partial charge in [0.2, 0.25) is 0 Å². The van der Waals surface area contributed by atoms with Crippen molar-refractivity contribution in [3.05, 3.63) is 0 Å². The van der Waals surface area contributed by atoms with Crippen LogP contribution in [-0.4, -0.2) is 5.87 Å². The second kappa shape index (κ2) is 4.44. The van der Waals surface area contributed by atoms with Crippen molar-refractivity contribution in [2.24, 2.45) is 0 Å². The maximum atomic E-state index is 4.43. The molecule has 4 heavy (non-hydrogen) atoms. The monoisotopic (exact) mass is 202 g/mol. The van der Waals surface area contributed by atoms with E-state index in [2.05, 4.69) is 34.1 Å². The molecule has 0 bridgehead atoms. The molecule has 1 unspecified atom stereocenters. The first-order valence-corrected chi connectivity index (χ1v) is 5.38. The van der Waals surface area contributed by atoms with Gasteiger partial charge in [0.25, 0.3) is 0 Å². The van der Waals surface area contributed by atoms with Crippen LogP contribution in [0.2, 0.25) is 0 Å². The first kappa shape index (κ1) is 5.44. The van der Waals surface area contributed by atoms with Gasteiger partial charge in [0, 0.05) is 0 Å². The van der Waals surface area contributed by atoms with E-state index in [1.165, 1.54) is 0 Å². The summed E-state index contributed by atoms with van der Waals surface area (Å²) in [5.41, 5.74) is 0. The van der Waals surface area contributed by atoms with Gasteiger partial charge >= 0.3 is 46.1 Å². The predicted octanol–water partition coefficient (Wildman–Crippen LogP) is 1.75. The van der Waals surface area contributed by atoms with Crippen LogP contribution in [-0.2, 0) is 0 Å². The van der Waals surface area contributed by atoms with Crippen molar-refractivity contribution in [2.75, 3.05) is 0 Å². The molecule has 0 heterocycles. The summed E-state index contributed by atoms with van der Waals surface area (Å²) in [6.45, 7) is 0. The molecule has 0 spiro atoms. The molecule has 0 saturated carbocycles. The molecule has 0 aliphatic rings. The second-order valence-corrected chi connectivity index (χ2v) is 3.26. The molecule has 22 valence electrons. The summed E-state index contributed by atoms with van der Waals surface area (Å²) in [6.07, 6.45) is 0.800. The SMILES string of the molecule is S=BPI. The van der Waals surface area contributed by atoms with Crippen molar-refractivity contribution in [2.45, 2.75) is 0 Å². The molecular weight excluding hydrogens is 201 g/mol. The van der Waals surface area contributed by atoms with Gasteiger partial charge in [0.05, 0.1) is 0 Å².